The van der Waals surface area contributed by atoms with Crippen LogP contribution in [0, 0.1) is 0 Å². The monoisotopic (exact) mass is 370 g/mol. The van der Waals surface area contributed by atoms with Crippen molar-refractivity contribution in [2.75, 3.05) is 38.1 Å². The Bertz CT molecular complexity index is 479. The second kappa shape index (κ2) is 7.25. The Morgan fingerprint density at radius 2 is 2.00 bits per heavy atom. The van der Waals surface area contributed by atoms with Crippen molar-refractivity contribution >= 4 is 33.2 Å². The van der Waals surface area contributed by atoms with Crippen LogP contribution in [-0.2, 0) is 12.8 Å². The van der Waals surface area contributed by atoms with E-state index in [2.05, 4.69) is 31.8 Å². The topological polar surface area (TPSA) is 23.6 Å². The Labute approximate surface area is 139 Å². The molecule has 3 nitrogen and oxygen atoms in total. The third-order valence-corrected chi connectivity index (χ3v) is 6.06. The van der Waals surface area contributed by atoms with Crippen LogP contribution in [0.4, 0.5) is 0 Å². The highest BCUT2D eigenvalue weighted by atomic mass is 79.9. The van der Waals surface area contributed by atoms with Crippen LogP contribution in [0.3, 0.4) is 0 Å². The largest absolute Gasteiger partial charge is 0.337 e. The summed E-state index contributed by atoms with van der Waals surface area (Å²) in [5.41, 5.74) is 1.44. The molecule has 2 aliphatic rings. The van der Waals surface area contributed by atoms with E-state index in [1.165, 1.54) is 29.7 Å². The quantitative estimate of drug-likeness (QED) is 0.762. The Morgan fingerprint density at radius 3 is 2.81 bits per heavy atom. The minimum atomic E-state index is 0.259. The lowest BCUT2D eigenvalue weighted by Gasteiger charge is -2.21. The van der Waals surface area contributed by atoms with Gasteiger partial charge >= 0.3 is 0 Å². The molecule has 1 saturated heterocycles. The lowest BCUT2D eigenvalue weighted by molar-refractivity contribution is 0.0766. The Morgan fingerprint density at radius 1 is 1.14 bits per heavy atom. The molecule has 0 unspecified atom stereocenters. The van der Waals surface area contributed by atoms with Gasteiger partial charge in [-0.05, 0) is 50.3 Å². The first-order valence-corrected chi connectivity index (χ1v) is 9.91. The highest BCUT2D eigenvalue weighted by Gasteiger charge is 2.23. The minimum Gasteiger partial charge on any atom is -0.337 e. The van der Waals surface area contributed by atoms with Crippen LogP contribution in [0.15, 0.2) is 6.07 Å². The maximum absolute atomic E-state index is 12.7. The average Bonchev–Trinajstić information content (AvgIpc) is 2.80. The number of alkyl halides is 1. The van der Waals surface area contributed by atoms with Crippen molar-refractivity contribution in [3.8, 4) is 0 Å². The zero-order chi connectivity index (χ0) is 14.7. The van der Waals surface area contributed by atoms with Gasteiger partial charge in [-0.1, -0.05) is 15.9 Å². The van der Waals surface area contributed by atoms with Gasteiger partial charge in [-0.3, -0.25) is 4.79 Å². The van der Waals surface area contributed by atoms with E-state index in [1.54, 1.807) is 11.3 Å². The first kappa shape index (κ1) is 15.5. The van der Waals surface area contributed by atoms with Crippen molar-refractivity contribution in [2.45, 2.75) is 32.1 Å². The number of hydrogen-bond acceptors (Lipinski definition) is 3. The van der Waals surface area contributed by atoms with Crippen molar-refractivity contribution in [3.05, 3.63) is 21.4 Å². The number of amides is 1. The first-order chi connectivity index (χ1) is 10.3. The molecular weight excluding hydrogens is 348 g/mol. The van der Waals surface area contributed by atoms with Gasteiger partial charge in [0.2, 0.25) is 0 Å². The fourth-order valence-electron chi connectivity index (χ4n) is 3.27. The lowest BCUT2D eigenvalue weighted by Crippen LogP contribution is -2.35. The molecule has 1 aromatic heterocycles. The molecule has 1 aliphatic carbocycles. The van der Waals surface area contributed by atoms with E-state index >= 15 is 0 Å². The van der Waals surface area contributed by atoms with Crippen LogP contribution in [0.1, 0.15) is 39.4 Å². The summed E-state index contributed by atoms with van der Waals surface area (Å²) < 4.78 is 0. The van der Waals surface area contributed by atoms with Gasteiger partial charge in [0.15, 0.2) is 0 Å². The Balaban J connectivity index is 1.66. The number of nitrogens with zero attached hydrogens (tertiary/aromatic N) is 2. The third kappa shape index (κ3) is 3.69. The predicted octanol–water partition coefficient (Wildman–Crippen LogP) is 3.17. The number of rotatable bonds is 3. The van der Waals surface area contributed by atoms with E-state index in [-0.39, 0.29) is 5.91 Å². The minimum absolute atomic E-state index is 0.259. The van der Waals surface area contributed by atoms with E-state index in [0.29, 0.717) is 0 Å². The van der Waals surface area contributed by atoms with Crippen LogP contribution in [0.25, 0.3) is 0 Å². The summed E-state index contributed by atoms with van der Waals surface area (Å²) >= 11 is 5.25. The molecule has 1 aliphatic heterocycles. The number of fused-ring (bicyclic) bond motifs is 1. The number of hydrogen-bond donors (Lipinski definition) is 0. The highest BCUT2D eigenvalue weighted by Crippen LogP contribution is 2.30. The van der Waals surface area contributed by atoms with Gasteiger partial charge in [0.1, 0.15) is 0 Å². The molecule has 0 radical (unpaired) electrons. The summed E-state index contributed by atoms with van der Waals surface area (Å²) in [7, 11) is 0. The van der Waals surface area contributed by atoms with Crippen LogP contribution in [0.2, 0.25) is 0 Å². The van der Waals surface area contributed by atoms with Crippen molar-refractivity contribution < 1.29 is 4.79 Å². The molecule has 21 heavy (non-hydrogen) atoms. The molecule has 0 bridgehead atoms. The molecular formula is C16H23BrN2OS. The second-order valence-corrected chi connectivity index (χ2v) is 7.87. The number of halogens is 1. The van der Waals surface area contributed by atoms with Crippen LogP contribution < -0.4 is 0 Å². The van der Waals surface area contributed by atoms with E-state index in [4.69, 9.17) is 0 Å². The van der Waals surface area contributed by atoms with Gasteiger partial charge < -0.3 is 9.80 Å². The molecule has 0 saturated carbocycles. The van der Waals surface area contributed by atoms with Gasteiger partial charge in [0, 0.05) is 36.4 Å². The fraction of sp³-hybridized carbons (Fsp3) is 0.688. The molecule has 3 rings (SSSR count). The molecule has 116 valence electrons. The summed E-state index contributed by atoms with van der Waals surface area (Å²) in [4.78, 5) is 19.7. The molecule has 0 N–H and O–H groups in total. The maximum atomic E-state index is 12.7. The van der Waals surface area contributed by atoms with E-state index in [0.717, 1.165) is 55.8 Å². The number of carbonyl (C=O) groups is 1. The molecule has 5 heteroatoms. The van der Waals surface area contributed by atoms with Crippen LogP contribution in [-0.4, -0.2) is 53.8 Å². The van der Waals surface area contributed by atoms with Gasteiger partial charge in [-0.15, -0.1) is 11.3 Å². The summed E-state index contributed by atoms with van der Waals surface area (Å²) in [6.45, 7) is 4.96. The number of carbonyl (C=O) groups excluding carboxylic acids is 1. The van der Waals surface area contributed by atoms with Crippen molar-refractivity contribution in [1.29, 1.82) is 0 Å². The molecule has 0 aromatic carbocycles. The standard InChI is InChI=1S/C16H23BrN2OS/c17-6-9-18-7-3-8-19(11-10-18)16(20)15-12-13-4-1-2-5-14(13)21-15/h12H,1-11H2. The average molecular weight is 371 g/mol. The van der Waals surface area contributed by atoms with Crippen molar-refractivity contribution in [2.24, 2.45) is 0 Å². The molecule has 0 atom stereocenters. The molecule has 0 spiro atoms. The normalized spacial score (nSPS) is 20.1. The molecule has 2 heterocycles. The summed E-state index contributed by atoms with van der Waals surface area (Å²) in [6, 6.07) is 2.17. The van der Waals surface area contributed by atoms with Crippen LogP contribution >= 0.6 is 27.3 Å². The van der Waals surface area contributed by atoms with Gasteiger partial charge in [-0.25, -0.2) is 0 Å². The number of thiophene rings is 1. The third-order valence-electron chi connectivity index (χ3n) is 4.48. The van der Waals surface area contributed by atoms with Crippen molar-refractivity contribution in [1.82, 2.24) is 9.80 Å². The summed E-state index contributed by atoms with van der Waals surface area (Å²) in [5.74, 6) is 0.259. The maximum Gasteiger partial charge on any atom is 0.263 e. The summed E-state index contributed by atoms with van der Waals surface area (Å²) in [6.07, 6.45) is 5.99. The molecule has 1 fully saturated rings. The Kier molecular flexibility index (Phi) is 5.35. The zero-order valence-corrected chi connectivity index (χ0v) is 14.8. The van der Waals surface area contributed by atoms with Gasteiger partial charge in [0.05, 0.1) is 4.88 Å². The van der Waals surface area contributed by atoms with Gasteiger partial charge in [0.25, 0.3) is 5.91 Å². The van der Waals surface area contributed by atoms with E-state index < -0.39 is 0 Å². The van der Waals surface area contributed by atoms with E-state index in [1.807, 2.05) is 0 Å². The van der Waals surface area contributed by atoms with E-state index in [9.17, 15) is 4.79 Å². The predicted molar refractivity (Wildman–Crippen MR) is 91.7 cm³/mol. The number of aryl methyl sites for hydroxylation is 2. The first-order valence-electron chi connectivity index (χ1n) is 7.97. The Hall–Kier alpha value is -0.390. The lowest BCUT2D eigenvalue weighted by atomic mass is 9.99. The highest BCUT2D eigenvalue weighted by molar-refractivity contribution is 9.09. The zero-order valence-electron chi connectivity index (χ0n) is 12.4. The molecule has 1 aromatic rings. The van der Waals surface area contributed by atoms with Crippen LogP contribution in [0.5, 0.6) is 0 Å². The second-order valence-electron chi connectivity index (χ2n) is 5.94. The molecule has 1 amide bonds. The SMILES string of the molecule is O=C(c1cc2c(s1)CCCC2)N1CCCN(CCBr)CC1. The smallest absolute Gasteiger partial charge is 0.263 e. The van der Waals surface area contributed by atoms with Gasteiger partial charge in [-0.2, -0.15) is 0 Å². The van der Waals surface area contributed by atoms with Crippen molar-refractivity contribution in [3.63, 3.8) is 0 Å². The fourth-order valence-corrected chi connectivity index (χ4v) is 4.99. The summed E-state index contributed by atoms with van der Waals surface area (Å²) in [5, 5.41) is 1.01.